The van der Waals surface area contributed by atoms with Crippen molar-refractivity contribution in [3.05, 3.63) is 41.4 Å². The lowest BCUT2D eigenvalue weighted by atomic mass is 10.1. The molecule has 0 aliphatic carbocycles. The number of ether oxygens (including phenoxy) is 1. The maximum Gasteiger partial charge on any atom is 0.245 e. The van der Waals surface area contributed by atoms with E-state index in [1.807, 2.05) is 0 Å². The summed E-state index contributed by atoms with van der Waals surface area (Å²) in [7, 11) is -0.814. The molecule has 0 radical (unpaired) electrons. The molecule has 10 heteroatoms. The molecular weight excluding hydrogens is 478 g/mol. The van der Waals surface area contributed by atoms with E-state index in [9.17, 15) is 18.0 Å². The maximum atomic E-state index is 13.3. The van der Waals surface area contributed by atoms with Gasteiger partial charge in [0.25, 0.3) is 0 Å². The first-order valence-electron chi connectivity index (χ1n) is 11.4. The van der Waals surface area contributed by atoms with Crippen molar-refractivity contribution in [1.82, 2.24) is 14.1 Å². The number of carbonyl (C=O) groups excluding carboxylic acids is 2. The third-order valence-electron chi connectivity index (χ3n) is 7.01. The highest BCUT2D eigenvalue weighted by Gasteiger charge is 2.43. The van der Waals surface area contributed by atoms with Crippen LogP contribution in [0.3, 0.4) is 0 Å². The van der Waals surface area contributed by atoms with Crippen LogP contribution in [0.1, 0.15) is 26.2 Å². The quantitative estimate of drug-likeness (QED) is 0.600. The number of sulfonamides is 1. The summed E-state index contributed by atoms with van der Waals surface area (Å²) in [4.78, 5) is 29.6. The van der Waals surface area contributed by atoms with Crippen LogP contribution in [0.2, 0.25) is 5.02 Å². The highest BCUT2D eigenvalue weighted by molar-refractivity contribution is 7.89. The molecule has 2 aromatic carbocycles. The van der Waals surface area contributed by atoms with Crippen LogP contribution in [0, 0.1) is 0 Å². The number of nitrogens with zero attached hydrogens (tertiary/aromatic N) is 3. The number of piperidine rings is 1. The molecule has 8 nitrogen and oxygen atoms in total. The number of fused-ring (bicyclic) bond motifs is 1. The number of halogens is 1. The van der Waals surface area contributed by atoms with E-state index in [1.165, 1.54) is 18.0 Å². The van der Waals surface area contributed by atoms with E-state index in [0.29, 0.717) is 31.1 Å². The Bertz CT molecular complexity index is 1200. The van der Waals surface area contributed by atoms with Gasteiger partial charge in [0.2, 0.25) is 21.8 Å². The van der Waals surface area contributed by atoms with Crippen LogP contribution in [0.4, 0.5) is 0 Å². The van der Waals surface area contributed by atoms with E-state index in [-0.39, 0.29) is 22.8 Å². The summed E-state index contributed by atoms with van der Waals surface area (Å²) in [6.45, 7) is 3.23. The molecule has 2 aliphatic heterocycles. The second-order valence-corrected chi connectivity index (χ2v) is 11.4. The van der Waals surface area contributed by atoms with Gasteiger partial charge in [-0.15, -0.1) is 0 Å². The maximum absolute atomic E-state index is 13.3. The molecule has 34 heavy (non-hydrogen) atoms. The molecule has 184 valence electrons. The molecule has 2 amide bonds. The summed E-state index contributed by atoms with van der Waals surface area (Å²) in [5.74, 6) is -0.450. The van der Waals surface area contributed by atoms with Crippen LogP contribution in [0.25, 0.3) is 10.8 Å². The Hall–Kier alpha value is -2.20. The van der Waals surface area contributed by atoms with Crippen molar-refractivity contribution in [2.75, 3.05) is 33.8 Å². The number of hydrogen-bond acceptors (Lipinski definition) is 5. The number of likely N-dealkylation sites (N-methyl/N-ethyl adjacent to an activating group) is 1. The zero-order valence-electron chi connectivity index (χ0n) is 19.6. The molecule has 4 rings (SSSR count). The SMILES string of the molecule is COC1CCN(C(=O)[C@@H](C)N2CC[C@H](N(C)S(=O)(=O)c3ccc4cc(Cl)ccc4c3)C2=O)CC1. The van der Waals surface area contributed by atoms with Gasteiger partial charge in [-0.2, -0.15) is 4.31 Å². The highest BCUT2D eigenvalue weighted by atomic mass is 35.5. The van der Waals surface area contributed by atoms with Gasteiger partial charge in [-0.05, 0) is 61.2 Å². The molecule has 2 atom stereocenters. The van der Waals surface area contributed by atoms with Crippen LogP contribution in [0.15, 0.2) is 41.3 Å². The van der Waals surface area contributed by atoms with Crippen molar-refractivity contribution in [1.29, 1.82) is 0 Å². The average molecular weight is 508 g/mol. The Morgan fingerprint density at radius 3 is 2.41 bits per heavy atom. The molecular formula is C24H30ClN3O5S. The number of likely N-dealkylation sites (tertiary alicyclic amines) is 2. The van der Waals surface area contributed by atoms with Crippen molar-refractivity contribution in [2.24, 2.45) is 0 Å². The molecule has 0 saturated carbocycles. The largest absolute Gasteiger partial charge is 0.381 e. The summed E-state index contributed by atoms with van der Waals surface area (Å²) in [6, 6.07) is 8.57. The fourth-order valence-corrected chi connectivity index (χ4v) is 6.37. The minimum absolute atomic E-state index is 0.109. The number of hydrogen-bond donors (Lipinski definition) is 0. The molecule has 2 saturated heterocycles. The standard InChI is InChI=1S/C24H30ClN3O5S/c1-16(23(29)27-11-8-20(33-3)9-12-27)28-13-10-22(24(28)30)26(2)34(31,32)21-7-5-17-14-19(25)6-4-18(17)15-21/h4-7,14-16,20,22H,8-13H2,1-3H3/t16-,22+/m1/s1. The second kappa shape index (κ2) is 9.81. The highest BCUT2D eigenvalue weighted by Crippen LogP contribution is 2.28. The molecule has 0 bridgehead atoms. The van der Waals surface area contributed by atoms with Crippen molar-refractivity contribution < 1.29 is 22.7 Å². The van der Waals surface area contributed by atoms with Gasteiger partial charge in [0.1, 0.15) is 12.1 Å². The summed E-state index contributed by atoms with van der Waals surface area (Å²) in [5.41, 5.74) is 0. The number of rotatable bonds is 6. The van der Waals surface area contributed by atoms with Crippen LogP contribution >= 0.6 is 11.6 Å². The Kier molecular flexibility index (Phi) is 7.19. The molecule has 2 aliphatic rings. The van der Waals surface area contributed by atoms with Crippen molar-refractivity contribution in [3.63, 3.8) is 0 Å². The van der Waals surface area contributed by atoms with Crippen molar-refractivity contribution >= 4 is 44.2 Å². The van der Waals surface area contributed by atoms with Gasteiger partial charge in [-0.25, -0.2) is 8.42 Å². The van der Waals surface area contributed by atoms with Gasteiger partial charge in [-0.3, -0.25) is 9.59 Å². The fraction of sp³-hybridized carbons (Fsp3) is 0.500. The van der Waals surface area contributed by atoms with Gasteiger partial charge in [0, 0.05) is 38.8 Å². The topological polar surface area (TPSA) is 87.2 Å². The molecule has 2 aromatic rings. The van der Waals surface area contributed by atoms with E-state index in [4.69, 9.17) is 16.3 Å². The third kappa shape index (κ3) is 4.66. The van der Waals surface area contributed by atoms with E-state index in [1.54, 1.807) is 49.3 Å². The number of carbonyl (C=O) groups is 2. The number of benzene rings is 2. The average Bonchev–Trinajstić information content (AvgIpc) is 3.23. The predicted molar refractivity (Wildman–Crippen MR) is 130 cm³/mol. The summed E-state index contributed by atoms with van der Waals surface area (Å²) < 4.78 is 33.2. The minimum Gasteiger partial charge on any atom is -0.381 e. The zero-order valence-corrected chi connectivity index (χ0v) is 21.2. The first kappa shape index (κ1) is 24.9. The monoisotopic (exact) mass is 507 g/mol. The Balaban J connectivity index is 1.47. The number of amides is 2. The Labute approximate surface area is 205 Å². The lowest BCUT2D eigenvalue weighted by Crippen LogP contribution is -2.52. The zero-order chi connectivity index (χ0) is 24.6. The Morgan fingerprint density at radius 1 is 1.09 bits per heavy atom. The van der Waals surface area contributed by atoms with Crippen molar-refractivity contribution in [3.8, 4) is 0 Å². The summed E-state index contributed by atoms with van der Waals surface area (Å²) >= 11 is 6.02. The molecule has 0 aromatic heterocycles. The lowest BCUT2D eigenvalue weighted by molar-refractivity contribution is -0.145. The van der Waals surface area contributed by atoms with Crippen LogP contribution in [-0.2, 0) is 24.3 Å². The summed E-state index contributed by atoms with van der Waals surface area (Å²) in [6.07, 6.45) is 2.03. The normalized spacial score (nSPS) is 21.0. The number of methoxy groups -OCH3 is 1. The first-order valence-corrected chi connectivity index (χ1v) is 13.2. The van der Waals surface area contributed by atoms with Gasteiger partial charge < -0.3 is 14.5 Å². The van der Waals surface area contributed by atoms with E-state index < -0.39 is 22.1 Å². The van der Waals surface area contributed by atoms with Crippen LogP contribution < -0.4 is 0 Å². The van der Waals surface area contributed by atoms with Gasteiger partial charge in [0.05, 0.1) is 11.0 Å². The lowest BCUT2D eigenvalue weighted by Gasteiger charge is -2.35. The molecule has 2 fully saturated rings. The second-order valence-electron chi connectivity index (χ2n) is 8.95. The van der Waals surface area contributed by atoms with Crippen LogP contribution in [0.5, 0.6) is 0 Å². The molecule has 2 heterocycles. The fourth-order valence-electron chi connectivity index (χ4n) is 4.81. The van der Waals surface area contributed by atoms with Gasteiger partial charge in [0.15, 0.2) is 0 Å². The first-order chi connectivity index (χ1) is 16.1. The molecule has 0 unspecified atom stereocenters. The van der Waals surface area contributed by atoms with E-state index in [0.717, 1.165) is 27.9 Å². The van der Waals surface area contributed by atoms with Gasteiger partial charge >= 0.3 is 0 Å². The van der Waals surface area contributed by atoms with E-state index >= 15 is 0 Å². The van der Waals surface area contributed by atoms with E-state index in [2.05, 4.69) is 0 Å². The molecule has 0 spiro atoms. The minimum atomic E-state index is -3.91. The summed E-state index contributed by atoms with van der Waals surface area (Å²) in [5, 5.41) is 2.15. The molecule has 0 N–H and O–H groups in total. The smallest absolute Gasteiger partial charge is 0.245 e. The van der Waals surface area contributed by atoms with Gasteiger partial charge in [-0.1, -0.05) is 23.7 Å². The Morgan fingerprint density at radius 2 is 1.74 bits per heavy atom. The predicted octanol–water partition coefficient (Wildman–Crippen LogP) is 2.74. The van der Waals surface area contributed by atoms with Crippen LogP contribution in [-0.4, -0.2) is 86.3 Å². The third-order valence-corrected chi connectivity index (χ3v) is 9.11. The van der Waals surface area contributed by atoms with Crippen molar-refractivity contribution in [2.45, 2.75) is 49.3 Å².